The molecule has 0 saturated carbocycles. The quantitative estimate of drug-likeness (QED) is 0.840. The Morgan fingerprint density at radius 3 is 2.37 bits per heavy atom. The molecule has 2 aromatic carbocycles. The zero-order valence-electron chi connectivity index (χ0n) is 14.5. The van der Waals surface area contributed by atoms with Gasteiger partial charge in [-0.2, -0.15) is 0 Å². The van der Waals surface area contributed by atoms with Crippen molar-refractivity contribution in [2.45, 2.75) is 13.8 Å². The number of benzene rings is 2. The van der Waals surface area contributed by atoms with Crippen molar-refractivity contribution in [1.82, 2.24) is 0 Å². The highest BCUT2D eigenvalue weighted by atomic mass is 35.5. The highest BCUT2D eigenvalue weighted by Crippen LogP contribution is 2.39. The summed E-state index contributed by atoms with van der Waals surface area (Å²) in [5.41, 5.74) is -0.691. The lowest BCUT2D eigenvalue weighted by Crippen LogP contribution is -2.33. The lowest BCUT2D eigenvalue weighted by Gasteiger charge is -2.19. The van der Waals surface area contributed by atoms with Gasteiger partial charge in [0, 0.05) is 11.3 Å². The molecule has 0 atom stereocenters. The summed E-state index contributed by atoms with van der Waals surface area (Å²) in [7, 11) is -3.90. The lowest BCUT2D eigenvalue weighted by atomic mass is 9.95. The van der Waals surface area contributed by atoms with E-state index in [9.17, 15) is 22.4 Å². The number of amides is 2. The largest absolute Gasteiger partial charge is 0.322 e. The summed E-state index contributed by atoms with van der Waals surface area (Å²) in [6, 6.07) is 9.18. The molecule has 1 heterocycles. The molecule has 2 amide bonds. The first-order valence-electron chi connectivity index (χ1n) is 7.95. The first kappa shape index (κ1) is 19.3. The van der Waals surface area contributed by atoms with Crippen LogP contribution in [0.3, 0.4) is 0 Å². The summed E-state index contributed by atoms with van der Waals surface area (Å²) in [5.74, 6) is -1.95. The maximum Gasteiger partial charge on any atom is 0.255 e. The molecule has 1 aliphatic heterocycles. The Bertz CT molecular complexity index is 1040. The molecule has 27 heavy (non-hydrogen) atoms. The van der Waals surface area contributed by atoms with Gasteiger partial charge in [0.1, 0.15) is 5.82 Å². The second-order valence-corrected chi connectivity index (χ2v) is 9.06. The number of carbonyl (C=O) groups excluding carboxylic acids is 2. The Labute approximate surface area is 161 Å². The van der Waals surface area contributed by atoms with Gasteiger partial charge in [0.15, 0.2) is 0 Å². The topological polar surface area (TPSA) is 83.6 Å². The Morgan fingerprint density at radius 1 is 1.19 bits per heavy atom. The highest BCUT2D eigenvalue weighted by molar-refractivity contribution is 7.94. The molecular weight excluding hydrogens is 395 g/mol. The van der Waals surface area contributed by atoms with E-state index in [-0.39, 0.29) is 22.0 Å². The number of nitrogens with zero attached hydrogens (tertiary/aromatic N) is 1. The fraction of sp³-hybridized carbons (Fsp3) is 0.222. The standard InChI is InChI=1S/C18H16ClFN2O4S/c1-18(2)10-27(25,26)22(17(18)24)15-9-11(3-8-14(15)19)16(23)21-13-6-4-12(20)5-7-13/h3-9H,10H2,1-2H3,(H,21,23). The van der Waals surface area contributed by atoms with Crippen molar-refractivity contribution in [3.05, 3.63) is 58.9 Å². The predicted octanol–water partition coefficient (Wildman–Crippen LogP) is 3.43. The Hall–Kier alpha value is -2.45. The van der Waals surface area contributed by atoms with Crippen LogP contribution < -0.4 is 9.62 Å². The SMILES string of the molecule is CC1(C)CS(=O)(=O)N(c2cc(C(=O)Nc3ccc(F)cc3)ccc2Cl)C1=O. The van der Waals surface area contributed by atoms with E-state index in [1.54, 1.807) is 0 Å². The van der Waals surface area contributed by atoms with Crippen LogP contribution in [-0.4, -0.2) is 26.0 Å². The van der Waals surface area contributed by atoms with Gasteiger partial charge in [-0.3, -0.25) is 9.59 Å². The minimum Gasteiger partial charge on any atom is -0.322 e. The zero-order valence-corrected chi connectivity index (χ0v) is 16.1. The van der Waals surface area contributed by atoms with E-state index in [1.165, 1.54) is 56.3 Å². The van der Waals surface area contributed by atoms with Gasteiger partial charge in [0.25, 0.3) is 5.91 Å². The van der Waals surface area contributed by atoms with Crippen LogP contribution in [0.2, 0.25) is 5.02 Å². The van der Waals surface area contributed by atoms with Crippen molar-refractivity contribution >= 4 is 44.8 Å². The molecular formula is C18H16ClFN2O4S. The normalized spacial score (nSPS) is 17.8. The molecule has 0 aromatic heterocycles. The third-order valence-corrected chi connectivity index (χ3v) is 6.44. The van der Waals surface area contributed by atoms with Gasteiger partial charge in [-0.25, -0.2) is 17.1 Å². The summed E-state index contributed by atoms with van der Waals surface area (Å²) in [4.78, 5) is 25.0. The van der Waals surface area contributed by atoms with E-state index in [0.29, 0.717) is 9.99 Å². The zero-order chi connectivity index (χ0) is 20.0. The molecule has 2 aromatic rings. The summed E-state index contributed by atoms with van der Waals surface area (Å²) < 4.78 is 38.5. The average molecular weight is 411 g/mol. The fourth-order valence-electron chi connectivity index (χ4n) is 2.79. The predicted molar refractivity (Wildman–Crippen MR) is 101 cm³/mol. The molecule has 3 rings (SSSR count). The van der Waals surface area contributed by atoms with Gasteiger partial charge in [-0.15, -0.1) is 0 Å². The van der Waals surface area contributed by atoms with Gasteiger partial charge in [-0.05, 0) is 56.3 Å². The van der Waals surface area contributed by atoms with Crippen molar-refractivity contribution in [3.8, 4) is 0 Å². The Kier molecular flexibility index (Phi) is 4.73. The van der Waals surface area contributed by atoms with Crippen LogP contribution in [0.15, 0.2) is 42.5 Å². The van der Waals surface area contributed by atoms with Crippen LogP contribution in [0, 0.1) is 11.2 Å². The molecule has 0 spiro atoms. The smallest absolute Gasteiger partial charge is 0.255 e. The number of sulfonamides is 1. The number of halogens is 2. The second-order valence-electron chi connectivity index (χ2n) is 6.84. The van der Waals surface area contributed by atoms with E-state index in [4.69, 9.17) is 11.6 Å². The number of rotatable bonds is 3. The summed E-state index contributed by atoms with van der Waals surface area (Å²) in [6.07, 6.45) is 0. The monoisotopic (exact) mass is 410 g/mol. The van der Waals surface area contributed by atoms with Crippen LogP contribution in [0.25, 0.3) is 0 Å². The van der Waals surface area contributed by atoms with Crippen LogP contribution in [0.1, 0.15) is 24.2 Å². The van der Waals surface area contributed by atoms with Gasteiger partial charge in [0.05, 0.1) is 21.9 Å². The summed E-state index contributed by atoms with van der Waals surface area (Å²) in [5, 5.41) is 2.60. The van der Waals surface area contributed by atoms with Gasteiger partial charge < -0.3 is 5.32 Å². The van der Waals surface area contributed by atoms with Crippen molar-refractivity contribution in [3.63, 3.8) is 0 Å². The number of hydrogen-bond acceptors (Lipinski definition) is 4. The van der Waals surface area contributed by atoms with E-state index >= 15 is 0 Å². The summed E-state index contributed by atoms with van der Waals surface area (Å²) in [6.45, 7) is 3.07. The third-order valence-electron chi connectivity index (χ3n) is 4.11. The Morgan fingerprint density at radius 2 is 1.81 bits per heavy atom. The van der Waals surface area contributed by atoms with Crippen molar-refractivity contribution in [2.75, 3.05) is 15.4 Å². The number of hydrogen-bond donors (Lipinski definition) is 1. The minimum atomic E-state index is -3.90. The minimum absolute atomic E-state index is 0.0305. The van der Waals surface area contributed by atoms with E-state index in [0.717, 1.165) is 0 Å². The molecule has 142 valence electrons. The molecule has 0 aliphatic carbocycles. The molecule has 0 bridgehead atoms. The van der Waals surface area contributed by atoms with Gasteiger partial charge >= 0.3 is 0 Å². The molecule has 0 radical (unpaired) electrons. The molecule has 1 N–H and O–H groups in total. The molecule has 9 heteroatoms. The maximum absolute atomic E-state index is 13.0. The van der Waals surface area contributed by atoms with Crippen molar-refractivity contribution < 1.29 is 22.4 Å². The summed E-state index contributed by atoms with van der Waals surface area (Å²) >= 11 is 6.11. The molecule has 1 saturated heterocycles. The van der Waals surface area contributed by atoms with Crippen LogP contribution in [0.4, 0.5) is 15.8 Å². The molecule has 1 aliphatic rings. The first-order chi connectivity index (χ1) is 12.5. The lowest BCUT2D eigenvalue weighted by molar-refractivity contribution is -0.123. The average Bonchev–Trinajstić information content (AvgIpc) is 2.73. The maximum atomic E-state index is 13.0. The Balaban J connectivity index is 1.96. The third kappa shape index (κ3) is 3.68. The van der Waals surface area contributed by atoms with Crippen LogP contribution >= 0.6 is 11.6 Å². The number of nitrogens with one attached hydrogen (secondary N) is 1. The van der Waals surface area contributed by atoms with Crippen LogP contribution in [-0.2, 0) is 14.8 Å². The van der Waals surface area contributed by atoms with E-state index in [1.807, 2.05) is 0 Å². The highest BCUT2D eigenvalue weighted by Gasteiger charge is 2.50. The van der Waals surface area contributed by atoms with Gasteiger partial charge in [0.2, 0.25) is 15.9 Å². The fourth-order valence-corrected chi connectivity index (χ4v) is 5.16. The van der Waals surface area contributed by atoms with Crippen molar-refractivity contribution in [2.24, 2.45) is 5.41 Å². The molecule has 1 fully saturated rings. The second kappa shape index (κ2) is 6.61. The van der Waals surface area contributed by atoms with Gasteiger partial charge in [-0.1, -0.05) is 11.6 Å². The van der Waals surface area contributed by atoms with E-state index in [2.05, 4.69) is 5.32 Å². The van der Waals surface area contributed by atoms with Crippen molar-refractivity contribution in [1.29, 1.82) is 0 Å². The number of carbonyl (C=O) groups is 2. The molecule has 6 nitrogen and oxygen atoms in total. The first-order valence-corrected chi connectivity index (χ1v) is 9.94. The van der Waals surface area contributed by atoms with E-state index < -0.39 is 33.1 Å². The number of anilines is 2. The van der Waals surface area contributed by atoms with Crippen LogP contribution in [0.5, 0.6) is 0 Å². The molecule has 0 unspecified atom stereocenters.